The second kappa shape index (κ2) is 4.24. The van der Waals surface area contributed by atoms with Gasteiger partial charge in [-0.3, -0.25) is 4.98 Å². The van der Waals surface area contributed by atoms with Crippen molar-refractivity contribution in [2.24, 2.45) is 0 Å². The van der Waals surface area contributed by atoms with Crippen molar-refractivity contribution in [3.8, 4) is 0 Å². The second-order valence-corrected chi connectivity index (χ2v) is 4.55. The first-order valence-corrected chi connectivity index (χ1v) is 5.90. The lowest BCUT2D eigenvalue weighted by atomic mass is 10.1. The zero-order valence-electron chi connectivity index (χ0n) is 10.9. The predicted molar refractivity (Wildman–Crippen MR) is 74.6 cm³/mol. The van der Waals surface area contributed by atoms with E-state index in [1.54, 1.807) is 0 Å². The van der Waals surface area contributed by atoms with Crippen LogP contribution in [0.2, 0.25) is 0 Å². The lowest BCUT2D eigenvalue weighted by Crippen LogP contribution is -2.09. The van der Waals surface area contributed by atoms with E-state index in [1.165, 1.54) is 0 Å². The zero-order chi connectivity index (χ0) is 12.6. The molecule has 0 saturated heterocycles. The summed E-state index contributed by atoms with van der Waals surface area (Å²) in [4.78, 5) is 6.73. The molecule has 2 N–H and O–H groups in total. The van der Waals surface area contributed by atoms with Gasteiger partial charge in [0.05, 0.1) is 5.52 Å². The summed E-state index contributed by atoms with van der Waals surface area (Å²) < 4.78 is 0. The Morgan fingerprint density at radius 2 is 2.00 bits per heavy atom. The minimum atomic E-state index is 0.857. The fourth-order valence-corrected chi connectivity index (χ4v) is 2.05. The van der Waals surface area contributed by atoms with Crippen LogP contribution in [0.25, 0.3) is 10.9 Å². The maximum Gasteiger partial charge on any atom is 0.0727 e. The van der Waals surface area contributed by atoms with Crippen molar-refractivity contribution < 1.29 is 0 Å². The fourth-order valence-electron chi connectivity index (χ4n) is 2.05. The van der Waals surface area contributed by atoms with Gasteiger partial charge in [-0.25, -0.2) is 0 Å². The normalized spacial score (nSPS) is 10.8. The van der Waals surface area contributed by atoms with Crippen molar-refractivity contribution >= 4 is 22.3 Å². The van der Waals surface area contributed by atoms with Crippen molar-refractivity contribution in [2.75, 3.05) is 24.7 Å². The minimum Gasteiger partial charge on any atom is -0.398 e. The average molecular weight is 229 g/mol. The Labute approximate surface area is 102 Å². The first-order chi connectivity index (χ1) is 8.04. The summed E-state index contributed by atoms with van der Waals surface area (Å²) in [5, 5.41) is 1.05. The molecule has 2 rings (SSSR count). The van der Waals surface area contributed by atoms with Crippen LogP contribution >= 0.6 is 0 Å². The number of nitrogen functional groups attached to an aromatic ring is 1. The summed E-state index contributed by atoms with van der Waals surface area (Å²) in [6.07, 6.45) is 0.918. The number of nitrogens with two attached hydrogens (primary N) is 1. The molecule has 1 aromatic carbocycles. The van der Waals surface area contributed by atoms with Crippen molar-refractivity contribution in [1.82, 2.24) is 4.98 Å². The number of fused-ring (bicyclic) bond motifs is 1. The summed E-state index contributed by atoms with van der Waals surface area (Å²) in [6, 6.07) is 6.22. The highest BCUT2D eigenvalue weighted by Crippen LogP contribution is 2.28. The van der Waals surface area contributed by atoms with Crippen LogP contribution in [-0.4, -0.2) is 19.1 Å². The number of nitrogens with zero attached hydrogens (tertiary/aromatic N) is 2. The molecule has 0 aliphatic carbocycles. The number of hydrogen-bond donors (Lipinski definition) is 1. The summed E-state index contributed by atoms with van der Waals surface area (Å²) in [5.41, 5.74) is 11.4. The van der Waals surface area contributed by atoms with Crippen molar-refractivity contribution in [3.63, 3.8) is 0 Å². The Morgan fingerprint density at radius 3 is 2.59 bits per heavy atom. The molecular weight excluding hydrogens is 210 g/mol. The van der Waals surface area contributed by atoms with E-state index >= 15 is 0 Å². The molecule has 1 aromatic heterocycles. The molecule has 1 heterocycles. The van der Waals surface area contributed by atoms with Crippen LogP contribution in [0.1, 0.15) is 18.2 Å². The summed E-state index contributed by atoms with van der Waals surface area (Å²) in [7, 11) is 4.05. The lowest BCUT2D eigenvalue weighted by molar-refractivity contribution is 1.03. The molecule has 3 nitrogen and oxygen atoms in total. The highest BCUT2D eigenvalue weighted by Gasteiger charge is 2.09. The Kier molecular flexibility index (Phi) is 2.92. The third-order valence-electron chi connectivity index (χ3n) is 3.21. The fraction of sp³-hybridized carbons (Fsp3) is 0.357. The van der Waals surface area contributed by atoms with Crippen LogP contribution in [0, 0.1) is 6.92 Å². The third kappa shape index (κ3) is 1.93. The lowest BCUT2D eigenvalue weighted by Gasteiger charge is -2.15. The molecule has 0 bridgehead atoms. The number of anilines is 2. The molecule has 0 fully saturated rings. The molecule has 0 unspecified atom stereocenters. The van der Waals surface area contributed by atoms with E-state index in [0.29, 0.717) is 0 Å². The number of aromatic nitrogens is 1. The number of benzene rings is 1. The number of pyridine rings is 1. The number of rotatable bonds is 2. The Bertz CT molecular complexity index is 559. The van der Waals surface area contributed by atoms with Gasteiger partial charge in [0.25, 0.3) is 0 Å². The topological polar surface area (TPSA) is 42.2 Å². The van der Waals surface area contributed by atoms with Gasteiger partial charge >= 0.3 is 0 Å². The monoisotopic (exact) mass is 229 g/mol. The first kappa shape index (κ1) is 11.7. The Morgan fingerprint density at radius 1 is 1.29 bits per heavy atom. The van der Waals surface area contributed by atoms with E-state index in [-0.39, 0.29) is 0 Å². The van der Waals surface area contributed by atoms with Gasteiger partial charge in [0.2, 0.25) is 0 Å². The summed E-state index contributed by atoms with van der Waals surface area (Å²) in [5.74, 6) is 0. The molecule has 0 radical (unpaired) electrons. The largest absolute Gasteiger partial charge is 0.398 e. The molecule has 0 aliphatic heterocycles. The molecule has 0 amide bonds. The first-order valence-electron chi connectivity index (χ1n) is 5.90. The molecule has 0 aliphatic rings. The van der Waals surface area contributed by atoms with E-state index in [4.69, 9.17) is 5.73 Å². The van der Waals surface area contributed by atoms with Crippen LogP contribution in [-0.2, 0) is 6.42 Å². The predicted octanol–water partition coefficient (Wildman–Crippen LogP) is 2.75. The van der Waals surface area contributed by atoms with E-state index in [9.17, 15) is 0 Å². The zero-order valence-corrected chi connectivity index (χ0v) is 10.9. The van der Waals surface area contributed by atoms with Gasteiger partial charge < -0.3 is 10.6 Å². The van der Waals surface area contributed by atoms with Crippen LogP contribution in [0.5, 0.6) is 0 Å². The van der Waals surface area contributed by atoms with Gasteiger partial charge in [0.1, 0.15) is 0 Å². The molecule has 90 valence electrons. The minimum absolute atomic E-state index is 0.857. The van der Waals surface area contributed by atoms with Gasteiger partial charge in [-0.05, 0) is 37.1 Å². The molecule has 2 aromatic rings. The standard InChI is InChI=1S/C14H19N3/c1-5-12-9(2)14(15)11-8-10(17(3)4)6-7-13(11)16-12/h6-8H,5H2,1-4H3,(H2,15,16). The maximum absolute atomic E-state index is 6.21. The molecule has 0 spiro atoms. The molecule has 0 saturated carbocycles. The number of hydrogen-bond acceptors (Lipinski definition) is 3. The van der Waals surface area contributed by atoms with Gasteiger partial charge in [-0.2, -0.15) is 0 Å². The van der Waals surface area contributed by atoms with E-state index in [0.717, 1.165) is 40.0 Å². The molecular formula is C14H19N3. The average Bonchev–Trinajstić information content (AvgIpc) is 2.33. The summed E-state index contributed by atoms with van der Waals surface area (Å²) in [6.45, 7) is 4.15. The van der Waals surface area contributed by atoms with Crippen LogP contribution in [0.4, 0.5) is 11.4 Å². The SMILES string of the molecule is CCc1nc2ccc(N(C)C)cc2c(N)c1C. The molecule has 3 heteroatoms. The second-order valence-electron chi connectivity index (χ2n) is 4.55. The Hall–Kier alpha value is -1.77. The van der Waals surface area contributed by atoms with Crippen LogP contribution in [0.3, 0.4) is 0 Å². The highest BCUT2D eigenvalue weighted by molar-refractivity contribution is 5.94. The Balaban J connectivity index is 2.74. The van der Waals surface area contributed by atoms with E-state index in [2.05, 4.69) is 28.9 Å². The van der Waals surface area contributed by atoms with Gasteiger partial charge in [0.15, 0.2) is 0 Å². The van der Waals surface area contributed by atoms with Gasteiger partial charge in [-0.15, -0.1) is 0 Å². The highest BCUT2D eigenvalue weighted by atomic mass is 15.1. The molecule has 0 atom stereocenters. The van der Waals surface area contributed by atoms with E-state index in [1.807, 2.05) is 27.1 Å². The maximum atomic E-state index is 6.21. The smallest absolute Gasteiger partial charge is 0.0727 e. The molecule has 17 heavy (non-hydrogen) atoms. The van der Waals surface area contributed by atoms with Crippen molar-refractivity contribution in [1.29, 1.82) is 0 Å². The van der Waals surface area contributed by atoms with Gasteiger partial charge in [-0.1, -0.05) is 6.92 Å². The van der Waals surface area contributed by atoms with E-state index < -0.39 is 0 Å². The van der Waals surface area contributed by atoms with Crippen molar-refractivity contribution in [2.45, 2.75) is 20.3 Å². The summed E-state index contributed by atoms with van der Waals surface area (Å²) >= 11 is 0. The van der Waals surface area contributed by atoms with Gasteiger partial charge in [0, 0.05) is 36.6 Å². The van der Waals surface area contributed by atoms with Crippen LogP contribution < -0.4 is 10.6 Å². The van der Waals surface area contributed by atoms with Crippen molar-refractivity contribution in [3.05, 3.63) is 29.5 Å². The number of aryl methyl sites for hydroxylation is 1. The third-order valence-corrected chi connectivity index (χ3v) is 3.21. The quantitative estimate of drug-likeness (QED) is 0.861. The van der Waals surface area contributed by atoms with Crippen LogP contribution in [0.15, 0.2) is 18.2 Å².